The van der Waals surface area contributed by atoms with Crippen LogP contribution < -0.4 is 10.4 Å². The van der Waals surface area contributed by atoms with Crippen LogP contribution in [0, 0.1) is 10.1 Å². The molecule has 0 amide bonds. The Balaban J connectivity index is 1.62. The van der Waals surface area contributed by atoms with Crippen molar-refractivity contribution in [2.24, 2.45) is 0 Å². The summed E-state index contributed by atoms with van der Waals surface area (Å²) in [4.78, 5) is 14.5. The molecule has 33 heavy (non-hydrogen) atoms. The molecule has 0 aliphatic heterocycles. The second-order valence-corrected chi connectivity index (χ2v) is 11.3. The van der Waals surface area contributed by atoms with Gasteiger partial charge in [0.05, 0.1) is 6.54 Å². The van der Waals surface area contributed by atoms with E-state index in [1.807, 2.05) is 84.9 Å². The predicted molar refractivity (Wildman–Crippen MR) is 132 cm³/mol. The fourth-order valence-electron chi connectivity index (χ4n) is 4.70. The minimum Gasteiger partial charge on any atom is -0.390 e. The van der Waals surface area contributed by atoms with Crippen molar-refractivity contribution in [2.45, 2.75) is 19.0 Å². The van der Waals surface area contributed by atoms with E-state index in [9.17, 15) is 10.1 Å². The Hall–Kier alpha value is -3.84. The summed E-state index contributed by atoms with van der Waals surface area (Å²) < 4.78 is 19.1. The van der Waals surface area contributed by atoms with E-state index in [0.717, 1.165) is 31.9 Å². The maximum atomic E-state index is 17.6. The largest absolute Gasteiger partial charge is 0.434 e. The third kappa shape index (κ3) is 3.80. The van der Waals surface area contributed by atoms with Crippen molar-refractivity contribution >= 4 is 46.3 Å². The highest BCUT2D eigenvalue weighted by molar-refractivity contribution is 6.99. The van der Waals surface area contributed by atoms with Gasteiger partial charge in [-0.1, -0.05) is 89.9 Å². The molecular formula is C26H22FN3O2Si. The zero-order chi connectivity index (χ0) is 22.8. The quantitative estimate of drug-likeness (QED) is 0.146. The number of fused-ring (bicyclic) bond motifs is 2. The monoisotopic (exact) mass is 455 g/mol. The molecule has 5 aromatic rings. The van der Waals surface area contributed by atoms with Gasteiger partial charge in [-0.2, -0.15) is 0 Å². The highest BCUT2D eigenvalue weighted by atomic mass is 28.4. The van der Waals surface area contributed by atoms with Crippen molar-refractivity contribution in [3.05, 3.63) is 107 Å². The first-order valence-electron chi connectivity index (χ1n) is 10.9. The van der Waals surface area contributed by atoms with Gasteiger partial charge in [0, 0.05) is 0 Å². The molecule has 0 saturated heterocycles. The van der Waals surface area contributed by atoms with Gasteiger partial charge in [-0.3, -0.25) is 0 Å². The molecule has 0 aliphatic carbocycles. The molecule has 0 N–H and O–H groups in total. The molecule has 0 atom stereocenters. The molecule has 0 radical (unpaired) electrons. The topological polar surface area (TPSA) is 61.0 Å². The van der Waals surface area contributed by atoms with Crippen molar-refractivity contribution in [1.82, 2.24) is 9.55 Å². The number of imidazole rings is 1. The van der Waals surface area contributed by atoms with Gasteiger partial charge in [-0.25, -0.2) is 4.57 Å². The summed E-state index contributed by atoms with van der Waals surface area (Å²) in [5.74, 6) is -0.212. The molecule has 0 spiro atoms. The number of hydrogen-bond donors (Lipinski definition) is 0. The summed E-state index contributed by atoms with van der Waals surface area (Å²) in [7, 11) is -3.71. The third-order valence-electron chi connectivity index (χ3n) is 6.21. The molecule has 7 heteroatoms. The number of benzene rings is 4. The van der Waals surface area contributed by atoms with Crippen molar-refractivity contribution < 1.29 is 9.03 Å². The smallest absolute Gasteiger partial charge is 0.390 e. The van der Waals surface area contributed by atoms with Gasteiger partial charge in [-0.05, 0) is 49.3 Å². The van der Waals surface area contributed by atoms with Crippen LogP contribution in [0.3, 0.4) is 0 Å². The van der Waals surface area contributed by atoms with E-state index >= 15 is 4.11 Å². The molecule has 0 fully saturated rings. The Morgan fingerprint density at radius 3 is 1.97 bits per heavy atom. The van der Waals surface area contributed by atoms with Crippen LogP contribution in [-0.2, 0) is 6.54 Å². The molecule has 4 aromatic carbocycles. The highest BCUT2D eigenvalue weighted by Crippen LogP contribution is 2.25. The van der Waals surface area contributed by atoms with Gasteiger partial charge in [0.25, 0.3) is 0 Å². The number of halogens is 1. The summed E-state index contributed by atoms with van der Waals surface area (Å²) in [6.07, 6.45) is 3.45. The first-order chi connectivity index (χ1) is 16.1. The van der Waals surface area contributed by atoms with Crippen molar-refractivity contribution in [3.8, 4) is 0 Å². The fourth-order valence-corrected chi connectivity index (χ4v) is 8.20. The Labute approximate surface area is 191 Å². The lowest BCUT2D eigenvalue weighted by Gasteiger charge is -2.26. The molecule has 164 valence electrons. The second kappa shape index (κ2) is 8.59. The van der Waals surface area contributed by atoms with Gasteiger partial charge >= 0.3 is 14.4 Å². The average molecular weight is 456 g/mol. The summed E-state index contributed by atoms with van der Waals surface area (Å²) in [6, 6.07) is 27.8. The first kappa shape index (κ1) is 21.0. The Kier molecular flexibility index (Phi) is 5.48. The number of aromatic nitrogens is 2. The molecule has 5 nitrogen and oxygen atoms in total. The van der Waals surface area contributed by atoms with Gasteiger partial charge < -0.3 is 14.2 Å². The summed E-state index contributed by atoms with van der Waals surface area (Å²) in [6.45, 7) is 0.338. The fraction of sp³-hybridized carbons (Fsp3) is 0.115. The van der Waals surface area contributed by atoms with Crippen LogP contribution in [0.25, 0.3) is 21.5 Å². The summed E-state index contributed by atoms with van der Waals surface area (Å²) >= 11 is 0. The Morgan fingerprint density at radius 2 is 1.39 bits per heavy atom. The SMILES string of the molecule is O=[N+]([O-])c1nccn1CCC[Si](F)(c1cccc2ccccc12)c1cccc2ccccc12. The zero-order valence-electron chi connectivity index (χ0n) is 17.9. The van der Waals surface area contributed by atoms with Gasteiger partial charge in [0.1, 0.15) is 12.4 Å². The lowest BCUT2D eigenvalue weighted by Crippen LogP contribution is -2.55. The maximum Gasteiger partial charge on any atom is 0.434 e. The lowest BCUT2D eigenvalue weighted by molar-refractivity contribution is -0.396. The van der Waals surface area contributed by atoms with Crippen LogP contribution >= 0.6 is 0 Å². The molecule has 0 saturated carbocycles. The first-order valence-corrected chi connectivity index (χ1v) is 13.0. The van der Waals surface area contributed by atoms with Gasteiger partial charge in [0.15, 0.2) is 0 Å². The lowest BCUT2D eigenvalue weighted by atomic mass is 10.1. The van der Waals surface area contributed by atoms with E-state index in [1.165, 1.54) is 10.8 Å². The van der Waals surface area contributed by atoms with E-state index < -0.39 is 13.3 Å². The van der Waals surface area contributed by atoms with Crippen LogP contribution in [-0.4, -0.2) is 22.9 Å². The van der Waals surface area contributed by atoms with E-state index in [0.29, 0.717) is 19.0 Å². The van der Waals surface area contributed by atoms with Crippen LogP contribution in [0.1, 0.15) is 6.42 Å². The molecule has 0 bridgehead atoms. The number of rotatable bonds is 7. The van der Waals surface area contributed by atoms with Crippen LogP contribution in [0.4, 0.5) is 10.1 Å². The Bertz CT molecular complexity index is 1380. The number of aryl methyl sites for hydroxylation is 1. The van der Waals surface area contributed by atoms with Crippen LogP contribution in [0.5, 0.6) is 0 Å². The number of nitrogens with zero attached hydrogens (tertiary/aromatic N) is 3. The van der Waals surface area contributed by atoms with Crippen molar-refractivity contribution in [2.75, 3.05) is 0 Å². The maximum absolute atomic E-state index is 17.6. The minimum atomic E-state index is -3.71. The summed E-state index contributed by atoms with van der Waals surface area (Å²) in [5.41, 5.74) is 0. The van der Waals surface area contributed by atoms with E-state index in [4.69, 9.17) is 0 Å². The zero-order valence-corrected chi connectivity index (χ0v) is 18.9. The normalized spacial score (nSPS) is 11.8. The second-order valence-electron chi connectivity index (χ2n) is 8.14. The third-order valence-corrected chi connectivity index (χ3v) is 9.83. The van der Waals surface area contributed by atoms with E-state index in [1.54, 1.807) is 6.20 Å². The standard InChI is InChI=1S/C26H22FN3O2Si/c27-33(19-7-17-29-18-16-28-26(29)30(31)32,24-14-5-10-20-8-1-3-12-22(20)24)25-15-6-11-21-9-2-4-13-23(21)25/h1-6,8-16,18H,7,17,19H2. The van der Waals surface area contributed by atoms with Gasteiger partial charge in [0.2, 0.25) is 0 Å². The van der Waals surface area contributed by atoms with E-state index in [-0.39, 0.29) is 5.95 Å². The minimum absolute atomic E-state index is 0.212. The van der Waals surface area contributed by atoms with Gasteiger partial charge in [-0.15, -0.1) is 0 Å². The van der Waals surface area contributed by atoms with Crippen molar-refractivity contribution in [1.29, 1.82) is 0 Å². The predicted octanol–water partition coefficient (Wildman–Crippen LogP) is 5.22. The molecule has 5 rings (SSSR count). The molecule has 0 aliphatic rings. The van der Waals surface area contributed by atoms with Crippen LogP contribution in [0.15, 0.2) is 97.3 Å². The molecule has 1 heterocycles. The van der Waals surface area contributed by atoms with Crippen molar-refractivity contribution in [3.63, 3.8) is 0 Å². The highest BCUT2D eigenvalue weighted by Gasteiger charge is 2.41. The van der Waals surface area contributed by atoms with E-state index in [2.05, 4.69) is 4.98 Å². The molecular weight excluding hydrogens is 433 g/mol. The Morgan fingerprint density at radius 1 is 0.848 bits per heavy atom. The molecule has 0 unspecified atom stereocenters. The summed E-state index contributed by atoms with van der Waals surface area (Å²) in [5, 5.41) is 16.6. The number of nitro groups is 1. The molecule has 1 aromatic heterocycles. The number of hydrogen-bond acceptors (Lipinski definition) is 3. The average Bonchev–Trinajstić information content (AvgIpc) is 3.32. The van der Waals surface area contributed by atoms with Crippen LogP contribution in [0.2, 0.25) is 6.04 Å².